The van der Waals surface area contributed by atoms with Crippen molar-refractivity contribution in [2.24, 2.45) is 0 Å². The van der Waals surface area contributed by atoms with Crippen molar-refractivity contribution >= 4 is 15.9 Å². The highest BCUT2D eigenvalue weighted by molar-refractivity contribution is 7.89. The van der Waals surface area contributed by atoms with Gasteiger partial charge in [-0.05, 0) is 86.9 Å². The first-order valence-corrected chi connectivity index (χ1v) is 13.1. The number of hydrogen-bond acceptors (Lipinski definition) is 3. The lowest BCUT2D eigenvalue weighted by Crippen LogP contribution is -2.36. The third kappa shape index (κ3) is 6.42. The molecule has 2 N–H and O–H groups in total. The van der Waals surface area contributed by atoms with Gasteiger partial charge in [-0.1, -0.05) is 43.5 Å². The van der Waals surface area contributed by atoms with E-state index in [0.29, 0.717) is 12.8 Å². The van der Waals surface area contributed by atoms with Gasteiger partial charge in [-0.15, -0.1) is 0 Å². The van der Waals surface area contributed by atoms with Gasteiger partial charge in [0, 0.05) is 12.5 Å². The van der Waals surface area contributed by atoms with Crippen LogP contribution in [-0.4, -0.2) is 20.4 Å². The van der Waals surface area contributed by atoms with Crippen LogP contribution in [-0.2, 0) is 21.2 Å². The molecule has 6 heteroatoms. The van der Waals surface area contributed by atoms with E-state index < -0.39 is 10.0 Å². The summed E-state index contributed by atoms with van der Waals surface area (Å²) in [6.45, 7) is 8.26. The van der Waals surface area contributed by atoms with Gasteiger partial charge in [0.05, 0.1) is 10.9 Å². The smallest absolute Gasteiger partial charge is 0.240 e. The van der Waals surface area contributed by atoms with Crippen LogP contribution < -0.4 is 10.0 Å². The number of nitrogens with one attached hydrogen (secondary N) is 2. The summed E-state index contributed by atoms with van der Waals surface area (Å²) in [5, 5.41) is 3.09. The van der Waals surface area contributed by atoms with Gasteiger partial charge in [-0.2, -0.15) is 0 Å². The molecule has 0 saturated heterocycles. The summed E-state index contributed by atoms with van der Waals surface area (Å²) in [5.74, 6) is -0.00853. The van der Waals surface area contributed by atoms with E-state index in [4.69, 9.17) is 0 Å². The molecule has 0 aromatic heterocycles. The maximum Gasteiger partial charge on any atom is 0.240 e. The molecule has 0 unspecified atom stereocenters. The average molecular weight is 457 g/mol. The minimum Gasteiger partial charge on any atom is -0.350 e. The van der Waals surface area contributed by atoms with Crippen LogP contribution in [0.15, 0.2) is 41.3 Å². The van der Waals surface area contributed by atoms with E-state index in [1.165, 1.54) is 23.1 Å². The third-order valence-corrected chi connectivity index (χ3v) is 8.06. The Labute approximate surface area is 193 Å². The molecule has 1 fully saturated rings. The van der Waals surface area contributed by atoms with Gasteiger partial charge in [0.25, 0.3) is 0 Å². The van der Waals surface area contributed by atoms with Gasteiger partial charge >= 0.3 is 0 Å². The number of aryl methyl sites for hydroxylation is 4. The SMILES string of the molecule is Cc1cc(C)c([C@H](C)NC(=O)CCc2ccc(S(=O)(=O)NC3CCCCC3)cc2)cc1C. The van der Waals surface area contributed by atoms with Crippen LogP contribution >= 0.6 is 0 Å². The summed E-state index contributed by atoms with van der Waals surface area (Å²) < 4.78 is 28.1. The Morgan fingerprint density at radius 1 is 0.969 bits per heavy atom. The predicted octanol–water partition coefficient (Wildman–Crippen LogP) is 5.03. The zero-order valence-corrected chi connectivity index (χ0v) is 20.5. The molecule has 1 atom stereocenters. The molecule has 1 amide bonds. The summed E-state index contributed by atoms with van der Waals surface area (Å²) in [7, 11) is -3.49. The predicted molar refractivity (Wildman–Crippen MR) is 129 cm³/mol. The van der Waals surface area contributed by atoms with E-state index in [2.05, 4.69) is 42.9 Å². The fraction of sp³-hybridized carbons (Fsp3) is 0.500. The second kappa shape index (κ2) is 10.6. The Hall–Kier alpha value is -2.18. The first-order chi connectivity index (χ1) is 15.2. The van der Waals surface area contributed by atoms with E-state index in [1.807, 2.05) is 6.92 Å². The fourth-order valence-corrected chi connectivity index (χ4v) is 5.75. The maximum atomic E-state index is 12.6. The Morgan fingerprint density at radius 3 is 2.25 bits per heavy atom. The highest BCUT2D eigenvalue weighted by atomic mass is 32.2. The van der Waals surface area contributed by atoms with Crippen LogP contribution in [0.4, 0.5) is 0 Å². The Bertz CT molecular complexity index is 1040. The van der Waals surface area contributed by atoms with Gasteiger partial charge in [-0.25, -0.2) is 13.1 Å². The Balaban J connectivity index is 1.53. The summed E-state index contributed by atoms with van der Waals surface area (Å²) in [6, 6.07) is 11.2. The topological polar surface area (TPSA) is 75.3 Å². The molecule has 174 valence electrons. The van der Waals surface area contributed by atoms with Crippen LogP contribution in [0.25, 0.3) is 0 Å². The van der Waals surface area contributed by atoms with Crippen molar-refractivity contribution in [1.29, 1.82) is 0 Å². The van der Waals surface area contributed by atoms with Gasteiger partial charge in [0.2, 0.25) is 15.9 Å². The number of sulfonamides is 1. The highest BCUT2D eigenvalue weighted by Gasteiger charge is 2.21. The van der Waals surface area contributed by atoms with Gasteiger partial charge < -0.3 is 5.32 Å². The zero-order chi connectivity index (χ0) is 23.3. The fourth-order valence-electron chi connectivity index (χ4n) is 4.44. The van der Waals surface area contributed by atoms with E-state index in [9.17, 15) is 13.2 Å². The molecule has 0 heterocycles. The van der Waals surface area contributed by atoms with Crippen molar-refractivity contribution in [2.45, 2.75) is 89.6 Å². The molecule has 5 nitrogen and oxygen atoms in total. The number of benzene rings is 2. The van der Waals surface area contributed by atoms with E-state index in [-0.39, 0.29) is 22.9 Å². The molecule has 1 saturated carbocycles. The summed E-state index contributed by atoms with van der Waals surface area (Å²) in [5.41, 5.74) is 5.75. The normalized spacial score (nSPS) is 16.0. The molecule has 3 rings (SSSR count). The lowest BCUT2D eigenvalue weighted by atomic mass is 9.96. The first-order valence-electron chi connectivity index (χ1n) is 11.6. The van der Waals surface area contributed by atoms with Gasteiger partial charge in [0.15, 0.2) is 0 Å². The molecule has 0 radical (unpaired) electrons. The molecule has 2 aromatic carbocycles. The quantitative estimate of drug-likeness (QED) is 0.585. The number of amides is 1. The van der Waals surface area contributed by atoms with Crippen LogP contribution in [0.2, 0.25) is 0 Å². The summed E-state index contributed by atoms with van der Waals surface area (Å²) in [6.07, 6.45) is 6.09. The number of carbonyl (C=O) groups excluding carboxylic acids is 1. The minimum atomic E-state index is -3.49. The second-order valence-corrected chi connectivity index (χ2v) is 10.9. The van der Waals surface area contributed by atoms with Gasteiger partial charge in [0.1, 0.15) is 0 Å². The van der Waals surface area contributed by atoms with E-state index in [0.717, 1.165) is 36.8 Å². The largest absolute Gasteiger partial charge is 0.350 e. The Morgan fingerprint density at radius 2 is 1.59 bits per heavy atom. The van der Waals surface area contributed by atoms with Crippen molar-refractivity contribution in [3.05, 3.63) is 64.2 Å². The number of carbonyl (C=O) groups is 1. The highest BCUT2D eigenvalue weighted by Crippen LogP contribution is 2.22. The lowest BCUT2D eigenvalue weighted by molar-refractivity contribution is -0.121. The average Bonchev–Trinajstić information content (AvgIpc) is 2.75. The third-order valence-electron chi connectivity index (χ3n) is 6.53. The molecule has 0 spiro atoms. The van der Waals surface area contributed by atoms with E-state index >= 15 is 0 Å². The molecular formula is C26H36N2O3S. The lowest BCUT2D eigenvalue weighted by Gasteiger charge is -2.22. The Kier molecular flexibility index (Phi) is 8.12. The van der Waals surface area contributed by atoms with Crippen LogP contribution in [0.3, 0.4) is 0 Å². The molecular weight excluding hydrogens is 420 g/mol. The molecule has 2 aromatic rings. The minimum absolute atomic E-state index is 0.00853. The number of rotatable bonds is 8. The monoisotopic (exact) mass is 456 g/mol. The van der Waals surface area contributed by atoms with Crippen molar-refractivity contribution in [3.8, 4) is 0 Å². The molecule has 1 aliphatic carbocycles. The van der Waals surface area contributed by atoms with Crippen molar-refractivity contribution < 1.29 is 13.2 Å². The maximum absolute atomic E-state index is 12.6. The van der Waals surface area contributed by atoms with Crippen molar-refractivity contribution in [2.75, 3.05) is 0 Å². The number of hydrogen-bond donors (Lipinski definition) is 2. The van der Waals surface area contributed by atoms with Crippen LogP contribution in [0, 0.1) is 20.8 Å². The summed E-state index contributed by atoms with van der Waals surface area (Å²) >= 11 is 0. The molecule has 0 aliphatic heterocycles. The van der Waals surface area contributed by atoms with Crippen molar-refractivity contribution in [3.63, 3.8) is 0 Å². The standard InChI is InChI=1S/C26H36N2O3S/c1-18-16-20(3)25(17-19(18)2)21(4)27-26(29)15-12-22-10-13-24(14-11-22)32(30,31)28-23-8-6-5-7-9-23/h10-11,13-14,16-17,21,23,28H,5-9,12,15H2,1-4H3,(H,27,29)/t21-/m0/s1. The second-order valence-electron chi connectivity index (χ2n) is 9.18. The van der Waals surface area contributed by atoms with Gasteiger partial charge in [-0.3, -0.25) is 4.79 Å². The molecule has 0 bridgehead atoms. The molecule has 32 heavy (non-hydrogen) atoms. The van der Waals surface area contributed by atoms with Crippen LogP contribution in [0.1, 0.15) is 79.3 Å². The molecule has 1 aliphatic rings. The first kappa shape index (κ1) is 24.5. The van der Waals surface area contributed by atoms with Crippen LogP contribution in [0.5, 0.6) is 0 Å². The van der Waals surface area contributed by atoms with Crippen molar-refractivity contribution in [1.82, 2.24) is 10.0 Å². The zero-order valence-electron chi connectivity index (χ0n) is 19.7. The summed E-state index contributed by atoms with van der Waals surface area (Å²) in [4.78, 5) is 12.8. The van der Waals surface area contributed by atoms with E-state index in [1.54, 1.807) is 24.3 Å².